The quantitative estimate of drug-likeness (QED) is 0.855. The fraction of sp³-hybridized carbons (Fsp3) is 0.667. The summed E-state index contributed by atoms with van der Waals surface area (Å²) in [5.74, 6) is 1.25. The van der Waals surface area contributed by atoms with Crippen molar-refractivity contribution in [3.63, 3.8) is 0 Å². The number of nitrogens with zero attached hydrogens (tertiary/aromatic N) is 2. The van der Waals surface area contributed by atoms with Crippen LogP contribution in [-0.4, -0.2) is 35.8 Å². The van der Waals surface area contributed by atoms with Crippen LogP contribution in [0.25, 0.3) is 0 Å². The Labute approximate surface area is 102 Å². The van der Waals surface area contributed by atoms with Gasteiger partial charge in [0.25, 0.3) is 0 Å². The Kier molecular flexibility index (Phi) is 4.14. The smallest absolute Gasteiger partial charge is 0.223 e. The minimum Gasteiger partial charge on any atom is -0.478 e. The maximum Gasteiger partial charge on any atom is 0.223 e. The number of ether oxygens (including phenoxy) is 2. The molecular formula is C12H19N3O2. The second kappa shape index (κ2) is 5.82. The van der Waals surface area contributed by atoms with Gasteiger partial charge < -0.3 is 14.8 Å². The summed E-state index contributed by atoms with van der Waals surface area (Å²) in [4.78, 5) is 8.27. The predicted molar refractivity (Wildman–Crippen MR) is 64.5 cm³/mol. The summed E-state index contributed by atoms with van der Waals surface area (Å²) in [6, 6.07) is 0. The Morgan fingerprint density at radius 2 is 2.24 bits per heavy atom. The average Bonchev–Trinajstić information content (AvgIpc) is 2.36. The van der Waals surface area contributed by atoms with E-state index in [4.69, 9.17) is 9.47 Å². The fourth-order valence-corrected chi connectivity index (χ4v) is 1.90. The highest BCUT2D eigenvalue weighted by Gasteiger charge is 2.17. The van der Waals surface area contributed by atoms with Crippen molar-refractivity contribution in [2.75, 3.05) is 19.7 Å². The SMILES string of the molecule is CCOc1ncnc(O[C@H]2CCCNC2)c1C. The molecule has 0 aromatic carbocycles. The van der Waals surface area contributed by atoms with Crippen molar-refractivity contribution in [1.29, 1.82) is 0 Å². The zero-order valence-corrected chi connectivity index (χ0v) is 10.4. The lowest BCUT2D eigenvalue weighted by molar-refractivity contribution is 0.158. The third kappa shape index (κ3) is 3.06. The van der Waals surface area contributed by atoms with E-state index in [0.717, 1.165) is 31.5 Å². The van der Waals surface area contributed by atoms with Gasteiger partial charge in [-0.2, -0.15) is 0 Å². The van der Waals surface area contributed by atoms with Gasteiger partial charge in [0.2, 0.25) is 11.8 Å². The molecule has 0 saturated carbocycles. The van der Waals surface area contributed by atoms with Crippen LogP contribution in [0.4, 0.5) is 0 Å². The highest BCUT2D eigenvalue weighted by molar-refractivity contribution is 5.32. The van der Waals surface area contributed by atoms with Crippen LogP contribution in [-0.2, 0) is 0 Å². The van der Waals surface area contributed by atoms with Crippen LogP contribution >= 0.6 is 0 Å². The third-order valence-electron chi connectivity index (χ3n) is 2.80. The largest absolute Gasteiger partial charge is 0.478 e. The van der Waals surface area contributed by atoms with Gasteiger partial charge in [0.15, 0.2) is 0 Å². The van der Waals surface area contributed by atoms with E-state index in [2.05, 4.69) is 15.3 Å². The molecule has 5 heteroatoms. The van der Waals surface area contributed by atoms with Crippen molar-refractivity contribution in [2.24, 2.45) is 0 Å². The van der Waals surface area contributed by atoms with Crippen molar-refractivity contribution in [1.82, 2.24) is 15.3 Å². The van der Waals surface area contributed by atoms with Gasteiger partial charge >= 0.3 is 0 Å². The maximum absolute atomic E-state index is 5.88. The summed E-state index contributed by atoms with van der Waals surface area (Å²) >= 11 is 0. The maximum atomic E-state index is 5.88. The molecule has 0 unspecified atom stereocenters. The number of piperidine rings is 1. The average molecular weight is 237 g/mol. The van der Waals surface area contributed by atoms with E-state index in [0.29, 0.717) is 18.4 Å². The van der Waals surface area contributed by atoms with Crippen LogP contribution in [0.5, 0.6) is 11.8 Å². The number of rotatable bonds is 4. The Hall–Kier alpha value is -1.36. The van der Waals surface area contributed by atoms with Gasteiger partial charge in [0.05, 0.1) is 12.2 Å². The van der Waals surface area contributed by atoms with Crippen molar-refractivity contribution < 1.29 is 9.47 Å². The van der Waals surface area contributed by atoms with Crippen LogP contribution in [0.15, 0.2) is 6.33 Å². The van der Waals surface area contributed by atoms with Gasteiger partial charge in [-0.3, -0.25) is 0 Å². The molecule has 5 nitrogen and oxygen atoms in total. The van der Waals surface area contributed by atoms with Crippen LogP contribution in [0.2, 0.25) is 0 Å². The first kappa shape index (κ1) is 12.1. The Bertz CT molecular complexity index is 365. The minimum absolute atomic E-state index is 0.201. The lowest BCUT2D eigenvalue weighted by atomic mass is 10.1. The molecule has 0 aliphatic carbocycles. The molecule has 1 saturated heterocycles. The summed E-state index contributed by atoms with van der Waals surface area (Å²) < 4.78 is 11.3. The second-order valence-corrected chi connectivity index (χ2v) is 4.13. The predicted octanol–water partition coefficient (Wildman–Crippen LogP) is 1.31. The standard InChI is InChI=1S/C12H19N3O2/c1-3-16-11-9(2)12(15-8-14-11)17-10-5-4-6-13-7-10/h8,10,13H,3-7H2,1-2H3/t10-/m0/s1. The molecule has 0 amide bonds. The summed E-state index contributed by atoms with van der Waals surface area (Å²) in [7, 11) is 0. The van der Waals surface area contributed by atoms with E-state index in [1.165, 1.54) is 6.33 Å². The zero-order chi connectivity index (χ0) is 12.1. The molecule has 2 rings (SSSR count). The molecule has 0 bridgehead atoms. The van der Waals surface area contributed by atoms with Crippen molar-refractivity contribution in [3.8, 4) is 11.8 Å². The molecule has 1 aromatic heterocycles. The van der Waals surface area contributed by atoms with Crippen molar-refractivity contribution in [3.05, 3.63) is 11.9 Å². The normalized spacial score (nSPS) is 20.0. The van der Waals surface area contributed by atoms with Gasteiger partial charge in [-0.25, -0.2) is 9.97 Å². The van der Waals surface area contributed by atoms with Gasteiger partial charge in [0.1, 0.15) is 12.4 Å². The van der Waals surface area contributed by atoms with E-state index < -0.39 is 0 Å². The van der Waals surface area contributed by atoms with Gasteiger partial charge in [0, 0.05) is 6.54 Å². The lowest BCUT2D eigenvalue weighted by Gasteiger charge is -2.24. The van der Waals surface area contributed by atoms with Crippen molar-refractivity contribution >= 4 is 0 Å². The molecular weight excluding hydrogens is 218 g/mol. The molecule has 1 fully saturated rings. The Morgan fingerprint density at radius 1 is 1.41 bits per heavy atom. The second-order valence-electron chi connectivity index (χ2n) is 4.13. The van der Waals surface area contributed by atoms with Crippen LogP contribution in [0, 0.1) is 6.92 Å². The highest BCUT2D eigenvalue weighted by atomic mass is 16.5. The molecule has 17 heavy (non-hydrogen) atoms. The first-order valence-electron chi connectivity index (χ1n) is 6.13. The zero-order valence-electron chi connectivity index (χ0n) is 10.4. The number of hydrogen-bond donors (Lipinski definition) is 1. The van der Waals surface area contributed by atoms with Crippen LogP contribution in [0.3, 0.4) is 0 Å². The summed E-state index contributed by atoms with van der Waals surface area (Å²) in [5.41, 5.74) is 0.875. The van der Waals surface area contributed by atoms with Gasteiger partial charge in [-0.05, 0) is 33.2 Å². The monoisotopic (exact) mass is 237 g/mol. The summed E-state index contributed by atoms with van der Waals surface area (Å²) in [6.07, 6.45) is 3.91. The molecule has 1 aromatic rings. The first-order valence-corrected chi connectivity index (χ1v) is 6.13. The number of aromatic nitrogens is 2. The molecule has 1 N–H and O–H groups in total. The van der Waals surface area contributed by atoms with Gasteiger partial charge in [-0.1, -0.05) is 0 Å². The van der Waals surface area contributed by atoms with Gasteiger partial charge in [-0.15, -0.1) is 0 Å². The van der Waals surface area contributed by atoms with Crippen molar-refractivity contribution in [2.45, 2.75) is 32.8 Å². The van der Waals surface area contributed by atoms with Crippen LogP contribution < -0.4 is 14.8 Å². The van der Waals surface area contributed by atoms with E-state index in [1.807, 2.05) is 13.8 Å². The molecule has 2 heterocycles. The summed E-state index contributed by atoms with van der Waals surface area (Å²) in [6.45, 7) is 6.42. The molecule has 0 spiro atoms. The van der Waals surface area contributed by atoms with E-state index in [9.17, 15) is 0 Å². The number of nitrogens with one attached hydrogen (secondary N) is 1. The minimum atomic E-state index is 0.201. The molecule has 94 valence electrons. The Morgan fingerprint density at radius 3 is 2.94 bits per heavy atom. The third-order valence-corrected chi connectivity index (χ3v) is 2.80. The lowest BCUT2D eigenvalue weighted by Crippen LogP contribution is -2.37. The molecule has 1 aliphatic rings. The summed E-state index contributed by atoms with van der Waals surface area (Å²) in [5, 5.41) is 3.31. The van der Waals surface area contributed by atoms with Crippen LogP contribution in [0.1, 0.15) is 25.3 Å². The fourth-order valence-electron chi connectivity index (χ4n) is 1.90. The Balaban J connectivity index is 2.06. The van der Waals surface area contributed by atoms with E-state index in [1.54, 1.807) is 0 Å². The topological polar surface area (TPSA) is 56.3 Å². The first-order chi connectivity index (χ1) is 8.31. The number of hydrogen-bond acceptors (Lipinski definition) is 5. The molecule has 0 radical (unpaired) electrons. The van der Waals surface area contributed by atoms with E-state index in [-0.39, 0.29) is 6.10 Å². The highest BCUT2D eigenvalue weighted by Crippen LogP contribution is 2.24. The van der Waals surface area contributed by atoms with E-state index >= 15 is 0 Å². The molecule has 1 atom stereocenters. The molecule has 1 aliphatic heterocycles.